The molecule has 0 rings (SSSR count). The van der Waals surface area contributed by atoms with Gasteiger partial charge < -0.3 is 52.7 Å². The predicted octanol–water partition coefficient (Wildman–Crippen LogP) is 3.24. The molecule has 0 fully saturated rings. The SMILES string of the molecule is CCCCCCOCCOCCOCCOCCOCCOCCOCCOCCOCCNC(=O)OC(C)(C)C. The van der Waals surface area contributed by atoms with Crippen LogP contribution in [0.3, 0.4) is 0 Å². The monoisotopic (exact) mass is 597 g/mol. The Morgan fingerprint density at radius 3 is 1.10 bits per heavy atom. The van der Waals surface area contributed by atoms with Crippen molar-refractivity contribution in [3.63, 3.8) is 0 Å². The zero-order chi connectivity index (χ0) is 30.1. The Kier molecular flexibility index (Phi) is 31.0. The van der Waals surface area contributed by atoms with Gasteiger partial charge in [0.25, 0.3) is 0 Å². The van der Waals surface area contributed by atoms with E-state index in [0.717, 1.165) is 13.0 Å². The van der Waals surface area contributed by atoms with Gasteiger partial charge in [-0.3, -0.25) is 0 Å². The van der Waals surface area contributed by atoms with Gasteiger partial charge in [0.1, 0.15) is 5.60 Å². The lowest BCUT2D eigenvalue weighted by molar-refractivity contribution is -0.0250. The van der Waals surface area contributed by atoms with Crippen LogP contribution >= 0.6 is 0 Å². The summed E-state index contributed by atoms with van der Waals surface area (Å²) in [6, 6.07) is 0. The fourth-order valence-corrected chi connectivity index (χ4v) is 3.03. The average Bonchev–Trinajstić information content (AvgIpc) is 2.92. The van der Waals surface area contributed by atoms with E-state index in [1.54, 1.807) is 0 Å². The van der Waals surface area contributed by atoms with Crippen molar-refractivity contribution in [1.29, 1.82) is 0 Å². The van der Waals surface area contributed by atoms with Gasteiger partial charge in [-0.1, -0.05) is 26.2 Å². The summed E-state index contributed by atoms with van der Waals surface area (Å²) in [5, 5.41) is 2.63. The van der Waals surface area contributed by atoms with Crippen LogP contribution in [0.5, 0.6) is 0 Å². The second kappa shape index (κ2) is 31.8. The van der Waals surface area contributed by atoms with Crippen LogP contribution in [0, 0.1) is 0 Å². The molecule has 12 nitrogen and oxygen atoms in total. The zero-order valence-corrected chi connectivity index (χ0v) is 26.3. The topological polar surface area (TPSA) is 121 Å². The van der Waals surface area contributed by atoms with Crippen molar-refractivity contribution in [3.05, 3.63) is 0 Å². The van der Waals surface area contributed by atoms with Crippen LogP contribution in [0.25, 0.3) is 0 Å². The third-order valence-electron chi connectivity index (χ3n) is 5.03. The molecule has 41 heavy (non-hydrogen) atoms. The van der Waals surface area contributed by atoms with Gasteiger partial charge in [0.05, 0.1) is 112 Å². The van der Waals surface area contributed by atoms with E-state index in [1.807, 2.05) is 20.8 Å². The summed E-state index contributed by atoms with van der Waals surface area (Å²) >= 11 is 0. The summed E-state index contributed by atoms with van der Waals surface area (Å²) in [4.78, 5) is 11.5. The highest BCUT2D eigenvalue weighted by molar-refractivity contribution is 5.67. The molecule has 0 heterocycles. The molecule has 0 aliphatic heterocycles. The van der Waals surface area contributed by atoms with Gasteiger partial charge in [0.15, 0.2) is 0 Å². The Bertz CT molecular complexity index is 535. The number of hydrogen-bond acceptors (Lipinski definition) is 11. The van der Waals surface area contributed by atoms with E-state index in [2.05, 4.69) is 12.2 Å². The Morgan fingerprint density at radius 2 is 0.780 bits per heavy atom. The summed E-state index contributed by atoms with van der Waals surface area (Å²) in [6.45, 7) is 17.6. The highest BCUT2D eigenvalue weighted by atomic mass is 16.6. The third-order valence-corrected chi connectivity index (χ3v) is 5.03. The molecule has 0 aliphatic carbocycles. The molecule has 0 saturated heterocycles. The minimum Gasteiger partial charge on any atom is -0.444 e. The molecule has 0 aromatic carbocycles. The van der Waals surface area contributed by atoms with Gasteiger partial charge in [-0.05, 0) is 27.2 Å². The van der Waals surface area contributed by atoms with Crippen molar-refractivity contribution in [3.8, 4) is 0 Å². The normalized spacial score (nSPS) is 11.7. The maximum absolute atomic E-state index is 11.5. The number of ether oxygens (including phenoxy) is 10. The first kappa shape index (κ1) is 39.9. The van der Waals surface area contributed by atoms with Crippen molar-refractivity contribution >= 4 is 6.09 Å². The molecule has 1 amide bonds. The molecule has 0 aliphatic rings. The summed E-state index contributed by atoms with van der Waals surface area (Å²) < 4.78 is 54.3. The number of rotatable bonds is 32. The predicted molar refractivity (Wildman–Crippen MR) is 156 cm³/mol. The second-order valence-corrected chi connectivity index (χ2v) is 10.0. The lowest BCUT2D eigenvalue weighted by Crippen LogP contribution is -2.34. The second-order valence-electron chi connectivity index (χ2n) is 10.0. The number of amides is 1. The van der Waals surface area contributed by atoms with Gasteiger partial charge in [-0.25, -0.2) is 4.79 Å². The number of alkyl carbamates (subject to hydrolysis) is 1. The number of hydrogen-bond donors (Lipinski definition) is 1. The fraction of sp³-hybridized carbons (Fsp3) is 0.966. The van der Waals surface area contributed by atoms with Crippen molar-refractivity contribution < 1.29 is 52.2 Å². The van der Waals surface area contributed by atoms with E-state index in [9.17, 15) is 4.79 Å². The number of carbonyl (C=O) groups is 1. The zero-order valence-electron chi connectivity index (χ0n) is 26.3. The van der Waals surface area contributed by atoms with E-state index in [0.29, 0.717) is 119 Å². The molecule has 0 bridgehead atoms. The Morgan fingerprint density at radius 1 is 0.463 bits per heavy atom. The minimum atomic E-state index is -0.506. The lowest BCUT2D eigenvalue weighted by atomic mass is 10.2. The van der Waals surface area contributed by atoms with Crippen LogP contribution in [0.2, 0.25) is 0 Å². The first-order valence-corrected chi connectivity index (χ1v) is 15.1. The first-order valence-electron chi connectivity index (χ1n) is 15.1. The highest BCUT2D eigenvalue weighted by Crippen LogP contribution is 2.06. The summed E-state index contributed by atoms with van der Waals surface area (Å²) in [5.41, 5.74) is -0.506. The average molecular weight is 598 g/mol. The van der Waals surface area contributed by atoms with Gasteiger partial charge in [0.2, 0.25) is 0 Å². The molecule has 1 N–H and O–H groups in total. The lowest BCUT2D eigenvalue weighted by Gasteiger charge is -2.19. The van der Waals surface area contributed by atoms with Crippen molar-refractivity contribution in [2.45, 2.75) is 59.0 Å². The van der Waals surface area contributed by atoms with Crippen LogP contribution < -0.4 is 5.32 Å². The Labute approximate surface area is 248 Å². The molecule has 0 radical (unpaired) electrons. The maximum atomic E-state index is 11.5. The minimum absolute atomic E-state index is 0.388. The summed E-state index contributed by atoms with van der Waals surface area (Å²) in [5.74, 6) is 0. The molecule has 246 valence electrons. The van der Waals surface area contributed by atoms with Gasteiger partial charge in [-0.15, -0.1) is 0 Å². The molecule has 0 saturated carbocycles. The molecule has 0 unspecified atom stereocenters. The quantitative estimate of drug-likeness (QED) is 0.115. The molecule has 0 aromatic rings. The summed E-state index contributed by atoms with van der Waals surface area (Å²) in [7, 11) is 0. The van der Waals surface area contributed by atoms with Crippen LogP contribution in [0.4, 0.5) is 4.79 Å². The third kappa shape index (κ3) is 36.9. The highest BCUT2D eigenvalue weighted by Gasteiger charge is 2.15. The van der Waals surface area contributed by atoms with Crippen LogP contribution in [-0.2, 0) is 47.4 Å². The van der Waals surface area contributed by atoms with Gasteiger partial charge >= 0.3 is 6.09 Å². The number of carbonyl (C=O) groups excluding carboxylic acids is 1. The molecule has 0 atom stereocenters. The number of nitrogens with one attached hydrogen (secondary N) is 1. The molecular weight excluding hydrogens is 538 g/mol. The van der Waals surface area contributed by atoms with Crippen LogP contribution in [-0.4, -0.2) is 137 Å². The van der Waals surface area contributed by atoms with Crippen molar-refractivity contribution in [2.24, 2.45) is 0 Å². The molecule has 12 heteroatoms. The Hall–Kier alpha value is -1.09. The van der Waals surface area contributed by atoms with Gasteiger partial charge in [0, 0.05) is 13.2 Å². The van der Waals surface area contributed by atoms with Crippen LogP contribution in [0.1, 0.15) is 53.4 Å². The van der Waals surface area contributed by atoms with Gasteiger partial charge in [-0.2, -0.15) is 0 Å². The van der Waals surface area contributed by atoms with E-state index in [4.69, 9.17) is 47.4 Å². The Balaban J connectivity index is 3.09. The van der Waals surface area contributed by atoms with E-state index in [-0.39, 0.29) is 0 Å². The first-order chi connectivity index (χ1) is 20.0. The smallest absolute Gasteiger partial charge is 0.407 e. The van der Waals surface area contributed by atoms with E-state index in [1.165, 1.54) is 19.3 Å². The van der Waals surface area contributed by atoms with E-state index < -0.39 is 11.7 Å². The number of unbranched alkanes of at least 4 members (excludes halogenated alkanes) is 3. The van der Waals surface area contributed by atoms with Crippen LogP contribution in [0.15, 0.2) is 0 Å². The van der Waals surface area contributed by atoms with Crippen molar-refractivity contribution in [1.82, 2.24) is 5.32 Å². The largest absolute Gasteiger partial charge is 0.444 e. The van der Waals surface area contributed by atoms with E-state index >= 15 is 0 Å². The van der Waals surface area contributed by atoms with Crippen molar-refractivity contribution in [2.75, 3.05) is 125 Å². The standard InChI is InChI=1S/C29H59NO11/c1-5-6-7-8-10-32-12-14-34-16-18-36-20-22-38-24-26-40-27-25-39-23-21-37-19-17-35-15-13-33-11-9-30-28(31)41-29(2,3)4/h5-27H2,1-4H3,(H,30,31). The molecular formula is C29H59NO11. The molecule has 0 spiro atoms. The maximum Gasteiger partial charge on any atom is 0.407 e. The summed E-state index contributed by atoms with van der Waals surface area (Å²) in [6.07, 6.45) is 4.44. The molecule has 0 aromatic heterocycles. The fourth-order valence-electron chi connectivity index (χ4n) is 3.03.